The highest BCUT2D eigenvalue weighted by atomic mass is 19.4. The first kappa shape index (κ1) is 22.2. The van der Waals surface area contributed by atoms with E-state index in [1.54, 1.807) is 0 Å². The van der Waals surface area contributed by atoms with E-state index in [2.05, 4.69) is 6.92 Å². The second-order valence-electron chi connectivity index (χ2n) is 8.98. The van der Waals surface area contributed by atoms with E-state index >= 15 is 0 Å². The van der Waals surface area contributed by atoms with Gasteiger partial charge in [-0.15, -0.1) is 0 Å². The first-order chi connectivity index (χ1) is 13.9. The van der Waals surface area contributed by atoms with Gasteiger partial charge < -0.3 is 4.74 Å². The minimum Gasteiger partial charge on any atom is -0.426 e. The molecule has 0 saturated heterocycles. The van der Waals surface area contributed by atoms with Gasteiger partial charge in [0.1, 0.15) is 5.75 Å². The Morgan fingerprint density at radius 2 is 1.48 bits per heavy atom. The van der Waals surface area contributed by atoms with Crippen molar-refractivity contribution in [3.05, 3.63) is 29.8 Å². The normalized spacial score (nSPS) is 28.1. The quantitative estimate of drug-likeness (QED) is 0.360. The molecule has 0 aromatic heterocycles. The van der Waals surface area contributed by atoms with Crippen molar-refractivity contribution >= 4 is 5.97 Å². The van der Waals surface area contributed by atoms with Crippen LogP contribution in [0.4, 0.5) is 13.2 Å². The summed E-state index contributed by atoms with van der Waals surface area (Å²) in [6, 6.07) is 4.36. The Hall–Kier alpha value is -1.52. The minimum atomic E-state index is -4.38. The van der Waals surface area contributed by atoms with Crippen LogP contribution in [0.25, 0.3) is 0 Å². The molecule has 0 bridgehead atoms. The van der Waals surface area contributed by atoms with E-state index in [-0.39, 0.29) is 17.6 Å². The average Bonchev–Trinajstić information content (AvgIpc) is 2.72. The first-order valence-corrected chi connectivity index (χ1v) is 11.3. The van der Waals surface area contributed by atoms with Crippen molar-refractivity contribution in [1.29, 1.82) is 0 Å². The summed E-state index contributed by atoms with van der Waals surface area (Å²) in [6.45, 7) is 2.26. The molecule has 0 amide bonds. The van der Waals surface area contributed by atoms with Crippen LogP contribution in [0.5, 0.6) is 5.75 Å². The minimum absolute atomic E-state index is 0.130. The zero-order chi connectivity index (χ0) is 20.9. The molecule has 0 radical (unpaired) electrons. The molecular weight excluding hydrogens is 377 g/mol. The monoisotopic (exact) mass is 410 g/mol. The molecule has 0 unspecified atom stereocenters. The lowest BCUT2D eigenvalue weighted by Gasteiger charge is -2.37. The van der Waals surface area contributed by atoms with Gasteiger partial charge >= 0.3 is 12.1 Å². The number of rotatable bonds is 6. The van der Waals surface area contributed by atoms with Gasteiger partial charge in [0.25, 0.3) is 0 Å². The van der Waals surface area contributed by atoms with Crippen LogP contribution in [0, 0.1) is 23.7 Å². The third-order valence-corrected chi connectivity index (χ3v) is 7.03. The van der Waals surface area contributed by atoms with Crippen molar-refractivity contribution in [3.63, 3.8) is 0 Å². The topological polar surface area (TPSA) is 26.3 Å². The largest absolute Gasteiger partial charge is 0.426 e. The maximum atomic E-state index is 12.6. The number of carbonyl (C=O) groups excluding carboxylic acids is 1. The van der Waals surface area contributed by atoms with Gasteiger partial charge in [-0.1, -0.05) is 39.0 Å². The van der Waals surface area contributed by atoms with Gasteiger partial charge in [0, 0.05) is 0 Å². The van der Waals surface area contributed by atoms with Gasteiger partial charge in [-0.25, -0.2) is 0 Å². The summed E-state index contributed by atoms with van der Waals surface area (Å²) >= 11 is 0. The standard InChI is InChI=1S/C24H33F3O2/c1-2-3-4-17-5-7-18(8-6-17)19-9-11-20(12-10-19)23(28)29-22-15-13-21(14-16-22)24(25,26)27/h13-20H,2-12H2,1H3/t17-,18-,19?,20?. The van der Waals surface area contributed by atoms with Crippen molar-refractivity contribution in [1.82, 2.24) is 0 Å². The predicted molar refractivity (Wildman–Crippen MR) is 108 cm³/mol. The van der Waals surface area contributed by atoms with E-state index < -0.39 is 11.7 Å². The fourth-order valence-electron chi connectivity index (χ4n) is 5.18. The number of hydrogen-bond acceptors (Lipinski definition) is 2. The van der Waals surface area contributed by atoms with Crippen LogP contribution in [-0.4, -0.2) is 5.97 Å². The Kier molecular flexibility index (Phi) is 7.64. The van der Waals surface area contributed by atoms with Crippen LogP contribution in [-0.2, 0) is 11.0 Å². The molecule has 2 aliphatic carbocycles. The Labute approximate surface area is 172 Å². The molecule has 2 nitrogen and oxygen atoms in total. The van der Waals surface area contributed by atoms with Gasteiger partial charge in [-0.05, 0) is 80.5 Å². The Morgan fingerprint density at radius 3 is 2.00 bits per heavy atom. The number of hydrogen-bond donors (Lipinski definition) is 0. The zero-order valence-corrected chi connectivity index (χ0v) is 17.3. The Morgan fingerprint density at radius 1 is 0.931 bits per heavy atom. The third-order valence-electron chi connectivity index (χ3n) is 7.03. The third kappa shape index (κ3) is 6.23. The summed E-state index contributed by atoms with van der Waals surface area (Å²) in [7, 11) is 0. The van der Waals surface area contributed by atoms with E-state index in [1.807, 2.05) is 0 Å². The molecule has 29 heavy (non-hydrogen) atoms. The Balaban J connectivity index is 1.42. The molecule has 0 N–H and O–H groups in total. The molecule has 162 valence electrons. The van der Waals surface area contributed by atoms with E-state index in [9.17, 15) is 18.0 Å². The molecule has 0 heterocycles. The molecule has 0 atom stereocenters. The maximum Gasteiger partial charge on any atom is 0.416 e. The summed E-state index contributed by atoms with van der Waals surface area (Å²) in [5, 5.41) is 0. The maximum absolute atomic E-state index is 12.6. The van der Waals surface area contributed by atoms with Gasteiger partial charge in [0.2, 0.25) is 0 Å². The molecule has 2 aliphatic rings. The number of alkyl halides is 3. The highest BCUT2D eigenvalue weighted by molar-refractivity contribution is 5.75. The molecule has 1 aromatic rings. The second-order valence-corrected chi connectivity index (χ2v) is 8.98. The summed E-state index contributed by atoms with van der Waals surface area (Å²) in [5.74, 6) is 2.20. The van der Waals surface area contributed by atoms with Crippen LogP contribution in [0.2, 0.25) is 0 Å². The number of benzene rings is 1. The zero-order valence-electron chi connectivity index (χ0n) is 17.3. The van der Waals surface area contributed by atoms with Crippen molar-refractivity contribution in [2.75, 3.05) is 0 Å². The second kappa shape index (κ2) is 9.99. The molecule has 3 rings (SSSR count). The van der Waals surface area contributed by atoms with Crippen LogP contribution in [0.15, 0.2) is 24.3 Å². The Bertz CT molecular complexity index is 637. The lowest BCUT2D eigenvalue weighted by molar-refractivity contribution is -0.140. The lowest BCUT2D eigenvalue weighted by Crippen LogP contribution is -2.30. The molecule has 2 fully saturated rings. The molecule has 2 saturated carbocycles. The van der Waals surface area contributed by atoms with Crippen LogP contribution >= 0.6 is 0 Å². The number of carbonyl (C=O) groups is 1. The predicted octanol–water partition coefficient (Wildman–Crippen LogP) is 7.41. The van der Waals surface area contributed by atoms with Crippen molar-refractivity contribution in [2.24, 2.45) is 23.7 Å². The van der Waals surface area contributed by atoms with Gasteiger partial charge in [0.15, 0.2) is 0 Å². The van der Waals surface area contributed by atoms with Crippen molar-refractivity contribution in [2.45, 2.75) is 83.7 Å². The number of halogens is 3. The van der Waals surface area contributed by atoms with Crippen LogP contribution in [0.3, 0.4) is 0 Å². The van der Waals surface area contributed by atoms with Crippen molar-refractivity contribution in [3.8, 4) is 5.75 Å². The summed E-state index contributed by atoms with van der Waals surface area (Å²) in [6.07, 6.45) is 8.82. The van der Waals surface area contributed by atoms with E-state index in [4.69, 9.17) is 4.74 Å². The lowest BCUT2D eigenvalue weighted by atomic mass is 9.68. The van der Waals surface area contributed by atoms with E-state index in [0.29, 0.717) is 0 Å². The van der Waals surface area contributed by atoms with Gasteiger partial charge in [0.05, 0.1) is 11.5 Å². The summed E-state index contributed by atoms with van der Waals surface area (Å²) < 4.78 is 43.2. The fraction of sp³-hybridized carbons (Fsp3) is 0.708. The highest BCUT2D eigenvalue weighted by Gasteiger charge is 2.34. The fourth-order valence-corrected chi connectivity index (χ4v) is 5.18. The van der Waals surface area contributed by atoms with Gasteiger partial charge in [-0.2, -0.15) is 13.2 Å². The number of esters is 1. The van der Waals surface area contributed by atoms with Crippen molar-refractivity contribution < 1.29 is 22.7 Å². The van der Waals surface area contributed by atoms with Gasteiger partial charge in [-0.3, -0.25) is 4.79 Å². The smallest absolute Gasteiger partial charge is 0.416 e. The SMILES string of the molecule is CCCC[C@H]1CC[C@H](C2CCC(C(=O)Oc3ccc(C(F)(F)F)cc3)CC2)CC1. The average molecular weight is 411 g/mol. The van der Waals surface area contributed by atoms with Crippen LogP contribution in [0.1, 0.15) is 83.1 Å². The molecule has 0 spiro atoms. The molecule has 1 aromatic carbocycles. The number of ether oxygens (including phenoxy) is 1. The van der Waals surface area contributed by atoms with E-state index in [1.165, 1.54) is 57.1 Å². The first-order valence-electron chi connectivity index (χ1n) is 11.3. The molecule has 5 heteroatoms. The van der Waals surface area contributed by atoms with Crippen LogP contribution < -0.4 is 4.74 Å². The summed E-state index contributed by atoms with van der Waals surface area (Å²) in [5.41, 5.74) is -0.734. The highest BCUT2D eigenvalue weighted by Crippen LogP contribution is 2.42. The number of unbranched alkanes of at least 4 members (excludes halogenated alkanes) is 1. The van der Waals surface area contributed by atoms with E-state index in [0.717, 1.165) is 55.6 Å². The molecular formula is C24H33F3O2. The molecule has 0 aliphatic heterocycles. The summed E-state index contributed by atoms with van der Waals surface area (Å²) in [4.78, 5) is 12.4.